The van der Waals surface area contributed by atoms with Gasteiger partial charge in [-0.15, -0.1) is 6.42 Å². The fourth-order valence-corrected chi connectivity index (χ4v) is 1.31. The number of rotatable bonds is 6. The van der Waals surface area contributed by atoms with Crippen molar-refractivity contribution in [3.63, 3.8) is 0 Å². The minimum Gasteiger partial charge on any atom is -0.481 e. The van der Waals surface area contributed by atoms with Crippen molar-refractivity contribution in [2.24, 2.45) is 0 Å². The van der Waals surface area contributed by atoms with Gasteiger partial charge in [-0.1, -0.05) is 25.0 Å². The van der Waals surface area contributed by atoms with Crippen LogP contribution in [0.15, 0.2) is 24.3 Å². The summed E-state index contributed by atoms with van der Waals surface area (Å²) in [4.78, 5) is 0. The van der Waals surface area contributed by atoms with Crippen molar-refractivity contribution in [3.8, 4) is 18.1 Å². The van der Waals surface area contributed by atoms with Gasteiger partial charge in [-0.25, -0.2) is 0 Å². The van der Waals surface area contributed by atoms with Crippen LogP contribution < -0.4 is 10.1 Å². The van der Waals surface area contributed by atoms with Crippen LogP contribution >= 0.6 is 0 Å². The molecule has 0 aromatic heterocycles. The summed E-state index contributed by atoms with van der Waals surface area (Å²) in [5.74, 6) is 3.29. The fourth-order valence-electron chi connectivity index (χ4n) is 1.31. The Balaban J connectivity index is 2.50. The quantitative estimate of drug-likeness (QED) is 0.739. The fraction of sp³-hybridized carbons (Fsp3) is 0.429. The van der Waals surface area contributed by atoms with Crippen LogP contribution in [-0.4, -0.2) is 12.6 Å². The van der Waals surface area contributed by atoms with Crippen molar-refractivity contribution in [2.45, 2.75) is 32.9 Å². The van der Waals surface area contributed by atoms with Gasteiger partial charge < -0.3 is 10.1 Å². The normalized spacial score (nSPS) is 11.8. The lowest BCUT2D eigenvalue weighted by Crippen LogP contribution is -2.24. The second kappa shape index (κ2) is 6.92. The number of ether oxygens (including phenoxy) is 1. The summed E-state index contributed by atoms with van der Waals surface area (Å²) < 4.78 is 5.37. The summed E-state index contributed by atoms with van der Waals surface area (Å²) in [6.45, 7) is 5.54. The first-order chi connectivity index (χ1) is 7.76. The van der Waals surface area contributed by atoms with Gasteiger partial charge in [0.15, 0.2) is 0 Å². The molecule has 0 fully saturated rings. The Morgan fingerprint density at radius 2 is 2.31 bits per heavy atom. The number of terminal acetylenes is 1. The Morgan fingerprint density at radius 3 is 3.00 bits per heavy atom. The molecule has 0 aliphatic carbocycles. The Bertz CT molecular complexity index is 354. The van der Waals surface area contributed by atoms with Gasteiger partial charge in [0.05, 0.1) is 0 Å². The van der Waals surface area contributed by atoms with Crippen LogP contribution in [0.2, 0.25) is 0 Å². The van der Waals surface area contributed by atoms with Gasteiger partial charge in [0.25, 0.3) is 0 Å². The molecule has 0 heterocycles. The molecule has 0 saturated carbocycles. The molecule has 2 nitrogen and oxygen atoms in total. The van der Waals surface area contributed by atoms with E-state index in [0.717, 1.165) is 18.7 Å². The van der Waals surface area contributed by atoms with Gasteiger partial charge in [-0.05, 0) is 31.0 Å². The topological polar surface area (TPSA) is 21.3 Å². The molecule has 0 radical (unpaired) electrons. The van der Waals surface area contributed by atoms with Crippen LogP contribution in [-0.2, 0) is 6.54 Å². The molecule has 0 spiro atoms. The first kappa shape index (κ1) is 12.6. The minimum atomic E-state index is 0.322. The first-order valence-electron chi connectivity index (χ1n) is 5.64. The molecule has 16 heavy (non-hydrogen) atoms. The molecular weight excluding hydrogens is 198 g/mol. The SMILES string of the molecule is C#CCOc1cccc(CNC(C)CC)c1. The zero-order valence-electron chi connectivity index (χ0n) is 9.99. The van der Waals surface area contributed by atoms with Crippen LogP contribution in [0.5, 0.6) is 5.75 Å². The zero-order valence-corrected chi connectivity index (χ0v) is 9.99. The third-order valence-corrected chi connectivity index (χ3v) is 2.49. The van der Waals surface area contributed by atoms with Gasteiger partial charge in [0.2, 0.25) is 0 Å². The average molecular weight is 217 g/mol. The highest BCUT2D eigenvalue weighted by Crippen LogP contribution is 2.13. The third-order valence-electron chi connectivity index (χ3n) is 2.49. The van der Waals surface area contributed by atoms with Gasteiger partial charge in [-0.3, -0.25) is 0 Å². The molecule has 1 atom stereocenters. The van der Waals surface area contributed by atoms with E-state index in [0.29, 0.717) is 12.6 Å². The van der Waals surface area contributed by atoms with E-state index in [-0.39, 0.29) is 0 Å². The van der Waals surface area contributed by atoms with Crippen LogP contribution in [0.3, 0.4) is 0 Å². The van der Waals surface area contributed by atoms with E-state index < -0.39 is 0 Å². The Kier molecular flexibility index (Phi) is 5.45. The van der Waals surface area contributed by atoms with Gasteiger partial charge >= 0.3 is 0 Å². The third kappa shape index (κ3) is 4.37. The van der Waals surface area contributed by atoms with Crippen LogP contribution in [0, 0.1) is 12.3 Å². The largest absolute Gasteiger partial charge is 0.481 e. The lowest BCUT2D eigenvalue weighted by molar-refractivity contribution is 0.369. The molecule has 1 aromatic rings. The van der Waals surface area contributed by atoms with Crippen molar-refractivity contribution in [3.05, 3.63) is 29.8 Å². The van der Waals surface area contributed by atoms with Crippen LogP contribution in [0.25, 0.3) is 0 Å². The lowest BCUT2D eigenvalue weighted by Gasteiger charge is -2.11. The smallest absolute Gasteiger partial charge is 0.148 e. The minimum absolute atomic E-state index is 0.322. The van der Waals surface area contributed by atoms with Crippen molar-refractivity contribution in [1.29, 1.82) is 0 Å². The Morgan fingerprint density at radius 1 is 1.50 bits per heavy atom. The monoisotopic (exact) mass is 217 g/mol. The molecular formula is C14H19NO. The number of nitrogens with one attached hydrogen (secondary N) is 1. The van der Waals surface area contributed by atoms with Crippen molar-refractivity contribution >= 4 is 0 Å². The molecule has 86 valence electrons. The summed E-state index contributed by atoms with van der Waals surface area (Å²) in [5.41, 5.74) is 1.22. The lowest BCUT2D eigenvalue weighted by atomic mass is 10.2. The van der Waals surface area contributed by atoms with E-state index in [2.05, 4.69) is 31.2 Å². The second-order valence-electron chi connectivity index (χ2n) is 3.83. The zero-order chi connectivity index (χ0) is 11.8. The standard InChI is InChI=1S/C14H19NO/c1-4-9-16-14-8-6-7-13(10-14)11-15-12(3)5-2/h1,6-8,10,12,15H,5,9,11H2,2-3H3. The van der Waals surface area contributed by atoms with E-state index in [1.54, 1.807) is 0 Å². The number of benzene rings is 1. The summed E-state index contributed by atoms with van der Waals surface area (Å²) >= 11 is 0. The molecule has 1 rings (SSSR count). The highest BCUT2D eigenvalue weighted by Gasteiger charge is 1.99. The van der Waals surface area contributed by atoms with E-state index in [1.165, 1.54) is 5.56 Å². The summed E-state index contributed by atoms with van der Waals surface area (Å²) in [7, 11) is 0. The number of hydrogen-bond donors (Lipinski definition) is 1. The van der Waals surface area contributed by atoms with Crippen molar-refractivity contribution in [1.82, 2.24) is 5.32 Å². The first-order valence-corrected chi connectivity index (χ1v) is 5.64. The van der Waals surface area contributed by atoms with Crippen LogP contribution in [0.1, 0.15) is 25.8 Å². The second-order valence-corrected chi connectivity index (χ2v) is 3.83. The van der Waals surface area contributed by atoms with Gasteiger partial charge in [-0.2, -0.15) is 0 Å². The molecule has 1 N–H and O–H groups in total. The Labute approximate surface area is 98.0 Å². The maximum Gasteiger partial charge on any atom is 0.148 e. The predicted octanol–water partition coefficient (Wildman–Crippen LogP) is 2.59. The average Bonchev–Trinajstić information content (AvgIpc) is 2.34. The van der Waals surface area contributed by atoms with E-state index in [4.69, 9.17) is 11.2 Å². The van der Waals surface area contributed by atoms with Crippen LogP contribution in [0.4, 0.5) is 0 Å². The van der Waals surface area contributed by atoms with Gasteiger partial charge in [0.1, 0.15) is 12.4 Å². The Hall–Kier alpha value is -1.46. The molecule has 0 aliphatic rings. The molecule has 0 aliphatic heterocycles. The van der Waals surface area contributed by atoms with Gasteiger partial charge in [0, 0.05) is 12.6 Å². The molecule has 1 aromatic carbocycles. The molecule has 0 bridgehead atoms. The predicted molar refractivity (Wildman–Crippen MR) is 67.4 cm³/mol. The van der Waals surface area contributed by atoms with E-state index >= 15 is 0 Å². The van der Waals surface area contributed by atoms with E-state index in [1.807, 2.05) is 18.2 Å². The molecule has 2 heteroatoms. The molecule has 0 saturated heterocycles. The maximum atomic E-state index is 5.37. The highest BCUT2D eigenvalue weighted by molar-refractivity contribution is 5.28. The molecule has 1 unspecified atom stereocenters. The maximum absolute atomic E-state index is 5.37. The van der Waals surface area contributed by atoms with E-state index in [9.17, 15) is 0 Å². The summed E-state index contributed by atoms with van der Waals surface area (Å²) in [6, 6.07) is 8.55. The number of hydrogen-bond acceptors (Lipinski definition) is 2. The summed E-state index contributed by atoms with van der Waals surface area (Å²) in [6.07, 6.45) is 6.28. The highest BCUT2D eigenvalue weighted by atomic mass is 16.5. The van der Waals surface area contributed by atoms with Crippen molar-refractivity contribution < 1.29 is 4.74 Å². The summed E-state index contributed by atoms with van der Waals surface area (Å²) in [5, 5.41) is 3.44. The molecule has 0 amide bonds. The van der Waals surface area contributed by atoms with Crippen molar-refractivity contribution in [2.75, 3.05) is 6.61 Å².